The molecule has 0 aliphatic rings. The quantitative estimate of drug-likeness (QED) is 0.0199. The van der Waals surface area contributed by atoms with E-state index in [1.807, 2.05) is 36.5 Å². The second kappa shape index (κ2) is 52.9. The van der Waals surface area contributed by atoms with E-state index in [1.165, 1.54) is 25.7 Å². The second-order valence-corrected chi connectivity index (χ2v) is 16.4. The van der Waals surface area contributed by atoms with Gasteiger partial charge in [-0.1, -0.05) is 218 Å². The maximum atomic E-state index is 12.8. The summed E-state index contributed by atoms with van der Waals surface area (Å²) in [6.45, 7) is 6.16. The number of esters is 3. The highest BCUT2D eigenvalue weighted by Gasteiger charge is 2.19. The number of carbonyl (C=O) groups excluding carboxylic acids is 3. The molecule has 0 saturated heterocycles. The number of rotatable bonds is 44. The average molecular weight is 909 g/mol. The number of allylic oxidation sites excluding steroid dienone is 24. The molecule has 0 spiro atoms. The maximum absolute atomic E-state index is 12.8. The lowest BCUT2D eigenvalue weighted by Crippen LogP contribution is -2.30. The first-order chi connectivity index (χ1) is 32.5. The fourth-order valence-electron chi connectivity index (χ4n) is 6.40. The normalized spacial score (nSPS) is 13.3. The molecule has 6 nitrogen and oxygen atoms in total. The molecule has 0 saturated carbocycles. The Morgan fingerprint density at radius 3 is 1.12 bits per heavy atom. The second-order valence-electron chi connectivity index (χ2n) is 16.4. The molecule has 0 heterocycles. The highest BCUT2D eigenvalue weighted by molar-refractivity contribution is 5.71. The van der Waals surface area contributed by atoms with Gasteiger partial charge in [-0.15, -0.1) is 0 Å². The molecule has 0 radical (unpaired) electrons. The van der Waals surface area contributed by atoms with E-state index in [2.05, 4.69) is 130 Å². The van der Waals surface area contributed by atoms with Crippen molar-refractivity contribution >= 4 is 17.9 Å². The van der Waals surface area contributed by atoms with Crippen LogP contribution in [0.5, 0.6) is 0 Å². The Kier molecular flexibility index (Phi) is 49.1. The monoisotopic (exact) mass is 909 g/mol. The van der Waals surface area contributed by atoms with Gasteiger partial charge in [0.2, 0.25) is 0 Å². The van der Waals surface area contributed by atoms with Gasteiger partial charge >= 0.3 is 17.9 Å². The number of hydrogen-bond donors (Lipinski definition) is 0. The summed E-state index contributed by atoms with van der Waals surface area (Å²) in [5.41, 5.74) is 0. The lowest BCUT2D eigenvalue weighted by Gasteiger charge is -2.18. The molecule has 0 aromatic carbocycles. The van der Waals surface area contributed by atoms with Crippen LogP contribution in [0, 0.1) is 0 Å². The Balaban J connectivity index is 4.58. The van der Waals surface area contributed by atoms with Crippen LogP contribution in [0.2, 0.25) is 0 Å². The van der Waals surface area contributed by atoms with E-state index >= 15 is 0 Å². The van der Waals surface area contributed by atoms with Crippen molar-refractivity contribution in [1.82, 2.24) is 0 Å². The van der Waals surface area contributed by atoms with Crippen molar-refractivity contribution in [1.29, 1.82) is 0 Å². The van der Waals surface area contributed by atoms with Gasteiger partial charge in [0.15, 0.2) is 6.10 Å². The fourth-order valence-corrected chi connectivity index (χ4v) is 6.40. The van der Waals surface area contributed by atoms with E-state index < -0.39 is 6.10 Å². The Bertz CT molecular complexity index is 1510. The highest BCUT2D eigenvalue weighted by Crippen LogP contribution is 2.13. The van der Waals surface area contributed by atoms with Gasteiger partial charge in [-0.3, -0.25) is 14.4 Å². The number of ether oxygens (including phenoxy) is 3. The summed E-state index contributed by atoms with van der Waals surface area (Å²) in [7, 11) is 0. The first-order valence-corrected chi connectivity index (χ1v) is 25.9. The Morgan fingerprint density at radius 2 is 0.652 bits per heavy atom. The zero-order valence-electron chi connectivity index (χ0n) is 41.9. The van der Waals surface area contributed by atoms with Crippen LogP contribution in [0.1, 0.15) is 194 Å². The van der Waals surface area contributed by atoms with E-state index in [-0.39, 0.29) is 44.0 Å². The predicted molar refractivity (Wildman–Crippen MR) is 283 cm³/mol. The standard InChI is InChI=1S/C60H92O6/c1-4-7-10-13-16-19-22-25-28-29-30-31-33-35-38-41-44-47-50-53-59(62)65-56-57(55-64-58(61)52-49-46-43-40-37-34-27-24-21-18-15-12-9-6-3)66-60(63)54-51-48-45-42-39-36-32-26-23-20-17-14-11-8-5-2/h7-12,14,16-21,23,25-26,28,30-32,35,38,44,47,57H,4-6,13,15,22,24,27,29,33-34,36-37,39-43,45-46,48-56H2,1-3H3/b10-7-,11-8-,12-9-,17-14-,19-16-,21-18-,23-20-,28-25-,31-30-,32-26-,38-35-,47-44-. The number of carbonyl (C=O) groups is 3. The molecule has 1 atom stereocenters. The molecule has 0 fully saturated rings. The minimum absolute atomic E-state index is 0.122. The van der Waals surface area contributed by atoms with Crippen LogP contribution < -0.4 is 0 Å². The van der Waals surface area contributed by atoms with Crippen molar-refractivity contribution in [3.63, 3.8) is 0 Å². The molecule has 0 aliphatic carbocycles. The minimum atomic E-state index is -0.831. The molecular formula is C60H92O6. The van der Waals surface area contributed by atoms with Gasteiger partial charge in [0.05, 0.1) is 0 Å². The van der Waals surface area contributed by atoms with Gasteiger partial charge in [-0.2, -0.15) is 0 Å². The third-order valence-corrected chi connectivity index (χ3v) is 10.2. The molecule has 0 N–H and O–H groups in total. The molecular weight excluding hydrogens is 817 g/mol. The van der Waals surface area contributed by atoms with Crippen molar-refractivity contribution in [2.45, 2.75) is 200 Å². The molecule has 368 valence electrons. The third kappa shape index (κ3) is 50.3. The molecule has 0 rings (SSSR count). The molecule has 1 unspecified atom stereocenters. The van der Waals surface area contributed by atoms with Gasteiger partial charge in [-0.05, 0) is 103 Å². The SMILES string of the molecule is CC\C=C/C=C\C=C/C=C\CCCCCCCC(=O)OC(COC(=O)CC/C=C\C/C=C\C/C=C\C/C=C\C/C=C\C/C=C\CC)COC(=O)CCCCCCCCC/C=C\C/C=C\CC. The molecule has 0 aromatic heterocycles. The first-order valence-electron chi connectivity index (χ1n) is 25.9. The largest absolute Gasteiger partial charge is 0.462 e. The molecule has 0 amide bonds. The molecule has 0 aliphatic heterocycles. The third-order valence-electron chi connectivity index (χ3n) is 10.2. The predicted octanol–water partition coefficient (Wildman–Crippen LogP) is 17.3. The zero-order chi connectivity index (χ0) is 47.9. The molecule has 6 heteroatoms. The summed E-state index contributed by atoms with van der Waals surface area (Å²) < 4.78 is 16.7. The fraction of sp³-hybridized carbons (Fsp3) is 0.550. The average Bonchev–Trinajstić information content (AvgIpc) is 3.31. The van der Waals surface area contributed by atoms with Crippen LogP contribution in [0.25, 0.3) is 0 Å². The van der Waals surface area contributed by atoms with Gasteiger partial charge in [0.25, 0.3) is 0 Å². The van der Waals surface area contributed by atoms with Crippen molar-refractivity contribution < 1.29 is 28.6 Å². The van der Waals surface area contributed by atoms with E-state index in [9.17, 15) is 14.4 Å². The first kappa shape index (κ1) is 61.3. The molecule has 66 heavy (non-hydrogen) atoms. The van der Waals surface area contributed by atoms with Crippen molar-refractivity contribution in [3.05, 3.63) is 146 Å². The van der Waals surface area contributed by atoms with Crippen molar-refractivity contribution in [2.24, 2.45) is 0 Å². The van der Waals surface area contributed by atoms with Gasteiger partial charge < -0.3 is 14.2 Å². The van der Waals surface area contributed by atoms with Crippen LogP contribution in [0.4, 0.5) is 0 Å². The molecule has 0 bridgehead atoms. The molecule has 0 aromatic rings. The summed E-state index contributed by atoms with van der Waals surface area (Å²) in [4.78, 5) is 38.0. The summed E-state index contributed by atoms with van der Waals surface area (Å²) in [5, 5.41) is 0. The van der Waals surface area contributed by atoms with Crippen molar-refractivity contribution in [2.75, 3.05) is 13.2 Å². The van der Waals surface area contributed by atoms with Crippen LogP contribution >= 0.6 is 0 Å². The topological polar surface area (TPSA) is 78.9 Å². The number of unbranched alkanes of at least 4 members (excludes halogenated alkanes) is 12. The van der Waals surface area contributed by atoms with Crippen LogP contribution in [0.15, 0.2) is 146 Å². The van der Waals surface area contributed by atoms with E-state index in [0.717, 1.165) is 122 Å². The summed E-state index contributed by atoms with van der Waals surface area (Å²) in [6.07, 6.45) is 75.5. The number of hydrogen-bond acceptors (Lipinski definition) is 6. The Hall–Kier alpha value is -4.71. The van der Waals surface area contributed by atoms with E-state index in [0.29, 0.717) is 12.8 Å². The highest BCUT2D eigenvalue weighted by atomic mass is 16.6. The summed E-state index contributed by atoms with van der Waals surface area (Å²) in [5.74, 6) is -1.05. The zero-order valence-corrected chi connectivity index (χ0v) is 41.9. The van der Waals surface area contributed by atoms with Gasteiger partial charge in [0, 0.05) is 19.3 Å². The Morgan fingerprint density at radius 1 is 0.318 bits per heavy atom. The van der Waals surface area contributed by atoms with Gasteiger partial charge in [0.1, 0.15) is 13.2 Å². The lowest BCUT2D eigenvalue weighted by molar-refractivity contribution is -0.166. The van der Waals surface area contributed by atoms with Crippen LogP contribution in [-0.2, 0) is 28.6 Å². The summed E-state index contributed by atoms with van der Waals surface area (Å²) in [6, 6.07) is 0. The van der Waals surface area contributed by atoms with E-state index in [1.54, 1.807) is 0 Å². The Labute approximate surface area is 404 Å². The smallest absolute Gasteiger partial charge is 0.306 e. The van der Waals surface area contributed by atoms with Crippen LogP contribution in [0.3, 0.4) is 0 Å². The van der Waals surface area contributed by atoms with E-state index in [4.69, 9.17) is 14.2 Å². The maximum Gasteiger partial charge on any atom is 0.306 e. The lowest BCUT2D eigenvalue weighted by atomic mass is 10.1. The van der Waals surface area contributed by atoms with Gasteiger partial charge in [-0.25, -0.2) is 0 Å². The van der Waals surface area contributed by atoms with Crippen molar-refractivity contribution in [3.8, 4) is 0 Å². The summed E-state index contributed by atoms with van der Waals surface area (Å²) >= 11 is 0. The van der Waals surface area contributed by atoms with Crippen LogP contribution in [-0.4, -0.2) is 37.2 Å². The minimum Gasteiger partial charge on any atom is -0.462 e.